The average molecular weight is 390 g/mol. The van der Waals surface area contributed by atoms with E-state index >= 15 is 0 Å². The van der Waals surface area contributed by atoms with Crippen LogP contribution in [-0.4, -0.2) is 40.1 Å². The van der Waals surface area contributed by atoms with E-state index in [4.69, 9.17) is 4.74 Å². The predicted octanol–water partition coefficient (Wildman–Crippen LogP) is 1.64. The molecule has 0 bridgehead atoms. The highest BCUT2D eigenvalue weighted by Gasteiger charge is 2.28. The number of nitrogens with one attached hydrogen (secondary N) is 3. The number of carbonyl (C=O) groups excluding carboxylic acids is 1. The van der Waals surface area contributed by atoms with Crippen molar-refractivity contribution in [3.63, 3.8) is 0 Å². The van der Waals surface area contributed by atoms with E-state index in [2.05, 4.69) is 15.4 Å². The minimum atomic E-state index is -3.57. The predicted molar refractivity (Wildman–Crippen MR) is 97.9 cm³/mol. The zero-order valence-electron chi connectivity index (χ0n) is 14.1. The van der Waals surface area contributed by atoms with Crippen molar-refractivity contribution < 1.29 is 17.9 Å². The monoisotopic (exact) mass is 389 g/mol. The Morgan fingerprint density at radius 3 is 2.68 bits per heavy atom. The van der Waals surface area contributed by atoms with Crippen LogP contribution in [0.15, 0.2) is 23.1 Å². The van der Waals surface area contributed by atoms with Gasteiger partial charge in [0.05, 0.1) is 17.7 Å². The molecule has 3 rings (SSSR count). The van der Waals surface area contributed by atoms with Gasteiger partial charge >= 0.3 is 0 Å². The molecule has 2 fully saturated rings. The number of benzene rings is 1. The molecule has 9 heteroatoms. The van der Waals surface area contributed by atoms with Gasteiger partial charge in [-0.15, -0.1) is 12.4 Å². The Bertz CT molecular complexity index is 716. The van der Waals surface area contributed by atoms with Gasteiger partial charge in [-0.2, -0.15) is 0 Å². The molecule has 1 saturated carbocycles. The molecule has 7 nitrogen and oxygen atoms in total. The van der Waals surface area contributed by atoms with Crippen molar-refractivity contribution in [1.82, 2.24) is 10.0 Å². The summed E-state index contributed by atoms with van der Waals surface area (Å²) in [5.74, 6) is 0.283. The number of sulfonamides is 1. The summed E-state index contributed by atoms with van der Waals surface area (Å²) in [6, 6.07) is 4.70. The van der Waals surface area contributed by atoms with E-state index in [1.165, 1.54) is 19.2 Å². The van der Waals surface area contributed by atoms with Gasteiger partial charge in [-0.25, -0.2) is 13.1 Å². The molecule has 0 spiro atoms. The van der Waals surface area contributed by atoms with Crippen LogP contribution in [0.4, 0.5) is 5.69 Å². The van der Waals surface area contributed by atoms with Crippen LogP contribution in [0, 0.1) is 0 Å². The number of amides is 1. The molecule has 1 aliphatic heterocycles. The van der Waals surface area contributed by atoms with Crippen molar-refractivity contribution in [2.75, 3.05) is 19.0 Å². The summed E-state index contributed by atoms with van der Waals surface area (Å²) in [4.78, 5) is 12.3. The molecular formula is C16H24ClN3O4S. The van der Waals surface area contributed by atoms with E-state index in [1.807, 2.05) is 0 Å². The molecule has 1 heterocycles. The van der Waals surface area contributed by atoms with Crippen LogP contribution in [0.2, 0.25) is 0 Å². The summed E-state index contributed by atoms with van der Waals surface area (Å²) in [5.41, 5.74) is 0.374. The molecule has 0 aromatic heterocycles. The first-order valence-corrected chi connectivity index (χ1v) is 9.70. The lowest BCUT2D eigenvalue weighted by Gasteiger charge is -2.14. The van der Waals surface area contributed by atoms with Gasteiger partial charge in [0, 0.05) is 18.5 Å². The first kappa shape index (κ1) is 20.0. The van der Waals surface area contributed by atoms with Gasteiger partial charge in [0.2, 0.25) is 15.9 Å². The topological polar surface area (TPSA) is 96.5 Å². The number of hydrogen-bond acceptors (Lipinski definition) is 5. The quantitative estimate of drug-likeness (QED) is 0.658. The molecule has 1 amide bonds. The van der Waals surface area contributed by atoms with Crippen molar-refractivity contribution in [2.24, 2.45) is 0 Å². The molecule has 0 radical (unpaired) electrons. The standard InChI is InChI=1S/C16H23N3O4S.ClH/c1-23-15-7-6-13(24(21,22)19-11-4-5-11)10-14(15)18-16(20)9-12-3-2-8-17-12;/h6-7,10-12,17,19H,2-5,8-9H2,1H3,(H,18,20);1H. The van der Waals surface area contributed by atoms with Crippen LogP contribution >= 0.6 is 12.4 Å². The fourth-order valence-electron chi connectivity index (χ4n) is 2.80. The highest BCUT2D eigenvalue weighted by Crippen LogP contribution is 2.29. The van der Waals surface area contributed by atoms with Gasteiger partial charge in [0.25, 0.3) is 0 Å². The van der Waals surface area contributed by atoms with Gasteiger partial charge < -0.3 is 15.4 Å². The zero-order chi connectivity index (χ0) is 17.2. The van der Waals surface area contributed by atoms with Gasteiger partial charge in [-0.1, -0.05) is 0 Å². The van der Waals surface area contributed by atoms with E-state index in [-0.39, 0.29) is 35.3 Å². The summed E-state index contributed by atoms with van der Waals surface area (Å²) in [6.45, 7) is 0.932. The number of ether oxygens (including phenoxy) is 1. The summed E-state index contributed by atoms with van der Waals surface area (Å²) in [6.07, 6.45) is 4.15. The normalized spacial score (nSPS) is 20.0. The largest absolute Gasteiger partial charge is 0.495 e. The van der Waals surface area contributed by atoms with Crippen LogP contribution in [0.25, 0.3) is 0 Å². The Hall–Kier alpha value is -1.35. The van der Waals surface area contributed by atoms with Crippen LogP contribution in [0.1, 0.15) is 32.1 Å². The van der Waals surface area contributed by atoms with E-state index in [0.29, 0.717) is 17.9 Å². The smallest absolute Gasteiger partial charge is 0.240 e. The summed E-state index contributed by atoms with van der Waals surface area (Å²) < 4.78 is 32.5. The first-order chi connectivity index (χ1) is 11.5. The van der Waals surface area contributed by atoms with Crippen LogP contribution in [0.5, 0.6) is 5.75 Å². The minimum absolute atomic E-state index is 0. The molecular weight excluding hydrogens is 366 g/mol. The SMILES string of the molecule is COc1ccc(S(=O)(=O)NC2CC2)cc1NC(=O)CC1CCCN1.Cl. The summed E-state index contributed by atoms with van der Waals surface area (Å²) >= 11 is 0. The van der Waals surface area contributed by atoms with Gasteiger partial charge in [-0.05, 0) is 50.4 Å². The Morgan fingerprint density at radius 2 is 2.08 bits per heavy atom. The number of methoxy groups -OCH3 is 1. The molecule has 1 aliphatic carbocycles. The van der Waals surface area contributed by atoms with Crippen LogP contribution in [0.3, 0.4) is 0 Å². The second-order valence-corrected chi connectivity index (χ2v) is 8.02. The fraction of sp³-hybridized carbons (Fsp3) is 0.562. The van der Waals surface area contributed by atoms with Crippen LogP contribution in [-0.2, 0) is 14.8 Å². The molecule has 140 valence electrons. The summed E-state index contributed by atoms with van der Waals surface area (Å²) in [5, 5.41) is 6.04. The number of carbonyl (C=O) groups is 1. The second kappa shape index (κ2) is 8.35. The van der Waals surface area contributed by atoms with Crippen molar-refractivity contribution in [2.45, 2.75) is 49.1 Å². The Morgan fingerprint density at radius 1 is 1.32 bits per heavy atom. The van der Waals surface area contributed by atoms with E-state index in [9.17, 15) is 13.2 Å². The lowest BCUT2D eigenvalue weighted by atomic mass is 10.1. The third-order valence-corrected chi connectivity index (χ3v) is 5.77. The van der Waals surface area contributed by atoms with Crippen LogP contribution < -0.4 is 20.1 Å². The molecule has 1 aromatic carbocycles. The van der Waals surface area contributed by atoms with Gasteiger partial charge in [-0.3, -0.25) is 4.79 Å². The maximum atomic E-state index is 12.3. The summed E-state index contributed by atoms with van der Waals surface area (Å²) in [7, 11) is -2.09. The minimum Gasteiger partial charge on any atom is -0.495 e. The van der Waals surface area contributed by atoms with E-state index < -0.39 is 10.0 Å². The van der Waals surface area contributed by atoms with E-state index in [1.54, 1.807) is 6.07 Å². The molecule has 1 atom stereocenters. The highest BCUT2D eigenvalue weighted by molar-refractivity contribution is 7.89. The molecule has 1 unspecified atom stereocenters. The highest BCUT2D eigenvalue weighted by atomic mass is 35.5. The number of hydrogen-bond donors (Lipinski definition) is 3. The van der Waals surface area contributed by atoms with Crippen molar-refractivity contribution in [3.8, 4) is 5.75 Å². The second-order valence-electron chi connectivity index (χ2n) is 6.30. The van der Waals surface area contributed by atoms with Gasteiger partial charge in [0.15, 0.2) is 0 Å². The van der Waals surface area contributed by atoms with Gasteiger partial charge in [0.1, 0.15) is 5.75 Å². The lowest BCUT2D eigenvalue weighted by molar-refractivity contribution is -0.116. The molecule has 1 saturated heterocycles. The zero-order valence-corrected chi connectivity index (χ0v) is 15.7. The van der Waals surface area contributed by atoms with E-state index in [0.717, 1.165) is 32.2 Å². The number of anilines is 1. The first-order valence-electron chi connectivity index (χ1n) is 8.21. The molecule has 3 N–H and O–H groups in total. The van der Waals surface area contributed by atoms with Crippen molar-refractivity contribution in [1.29, 1.82) is 0 Å². The van der Waals surface area contributed by atoms with Crippen molar-refractivity contribution >= 4 is 34.0 Å². The Balaban J connectivity index is 0.00000225. The number of rotatable bonds is 7. The Kier molecular flexibility index (Phi) is 6.67. The molecule has 1 aromatic rings. The molecule has 25 heavy (non-hydrogen) atoms. The maximum Gasteiger partial charge on any atom is 0.240 e. The fourth-order valence-corrected chi connectivity index (χ4v) is 4.13. The third-order valence-electron chi connectivity index (χ3n) is 4.25. The lowest BCUT2D eigenvalue weighted by Crippen LogP contribution is -2.28. The molecule has 2 aliphatic rings. The third kappa shape index (κ3) is 5.31. The van der Waals surface area contributed by atoms with Crippen molar-refractivity contribution in [3.05, 3.63) is 18.2 Å². The maximum absolute atomic E-state index is 12.3. The number of halogens is 1. The Labute approximate surface area is 154 Å². The average Bonchev–Trinajstić information content (AvgIpc) is 3.19.